The van der Waals surface area contributed by atoms with Gasteiger partial charge in [-0.05, 0) is 24.5 Å². The van der Waals surface area contributed by atoms with Crippen LogP contribution in [0.2, 0.25) is 0 Å². The maximum atomic E-state index is 9.22. The fourth-order valence-electron chi connectivity index (χ4n) is 1.59. The van der Waals surface area contributed by atoms with Crippen molar-refractivity contribution >= 4 is 5.69 Å². The fourth-order valence-corrected chi connectivity index (χ4v) is 1.59. The predicted molar refractivity (Wildman–Crippen MR) is 48.0 cm³/mol. The van der Waals surface area contributed by atoms with E-state index in [2.05, 4.69) is 0 Å². The van der Waals surface area contributed by atoms with Gasteiger partial charge < -0.3 is 10.1 Å². The molecule has 3 nitrogen and oxygen atoms in total. The second-order valence-corrected chi connectivity index (χ2v) is 3.11. The van der Waals surface area contributed by atoms with Gasteiger partial charge in [0.05, 0.1) is 5.69 Å². The van der Waals surface area contributed by atoms with Crippen LogP contribution in [0.5, 0.6) is 5.75 Å². The van der Waals surface area contributed by atoms with E-state index in [0.717, 1.165) is 25.1 Å². The van der Waals surface area contributed by atoms with Gasteiger partial charge in [-0.3, -0.25) is 0 Å². The van der Waals surface area contributed by atoms with Crippen molar-refractivity contribution in [2.45, 2.75) is 12.8 Å². The molecular weight excluding hydrogens is 152 g/mol. The molecule has 0 radical (unpaired) electrons. The number of phenolic OH excluding ortho intramolecular Hbond substituents is 1. The van der Waals surface area contributed by atoms with E-state index in [4.69, 9.17) is 5.84 Å². The Kier molecular flexibility index (Phi) is 1.66. The summed E-state index contributed by atoms with van der Waals surface area (Å²) >= 11 is 0. The number of phenols is 1. The topological polar surface area (TPSA) is 49.5 Å². The molecule has 3 heteroatoms. The Bertz CT molecular complexity index is 299. The first-order chi connectivity index (χ1) is 5.77. The molecule has 12 heavy (non-hydrogen) atoms. The van der Waals surface area contributed by atoms with Crippen molar-refractivity contribution in [3.05, 3.63) is 23.8 Å². The van der Waals surface area contributed by atoms with Crippen LogP contribution in [0.3, 0.4) is 0 Å². The average Bonchev–Trinajstić information content (AvgIpc) is 2.07. The molecule has 0 atom stereocenters. The van der Waals surface area contributed by atoms with Crippen molar-refractivity contribution in [3.8, 4) is 5.75 Å². The van der Waals surface area contributed by atoms with Crippen molar-refractivity contribution in [1.29, 1.82) is 0 Å². The molecule has 0 amide bonds. The summed E-state index contributed by atoms with van der Waals surface area (Å²) in [5.41, 5.74) is 2.18. The Morgan fingerprint density at radius 3 is 3.08 bits per heavy atom. The molecule has 1 aromatic carbocycles. The molecular formula is C9H12N2O. The van der Waals surface area contributed by atoms with Crippen LogP contribution in [0.15, 0.2) is 18.2 Å². The van der Waals surface area contributed by atoms with Gasteiger partial charge >= 0.3 is 0 Å². The minimum Gasteiger partial charge on any atom is -0.508 e. The zero-order chi connectivity index (χ0) is 8.55. The van der Waals surface area contributed by atoms with Gasteiger partial charge in [-0.25, -0.2) is 5.84 Å². The summed E-state index contributed by atoms with van der Waals surface area (Å²) in [6, 6.07) is 5.36. The molecule has 1 aliphatic heterocycles. The third kappa shape index (κ3) is 1.12. The lowest BCUT2D eigenvalue weighted by Gasteiger charge is -2.26. The number of rotatable bonds is 0. The summed E-state index contributed by atoms with van der Waals surface area (Å²) in [5, 5.41) is 10.9. The highest BCUT2D eigenvalue weighted by atomic mass is 16.3. The van der Waals surface area contributed by atoms with E-state index in [1.54, 1.807) is 17.1 Å². The van der Waals surface area contributed by atoms with E-state index in [1.807, 2.05) is 6.07 Å². The first-order valence-corrected chi connectivity index (χ1v) is 4.11. The number of aryl methyl sites for hydroxylation is 1. The van der Waals surface area contributed by atoms with E-state index in [0.29, 0.717) is 0 Å². The zero-order valence-corrected chi connectivity index (χ0v) is 6.83. The van der Waals surface area contributed by atoms with E-state index in [1.165, 1.54) is 5.56 Å². The normalized spacial score (nSPS) is 15.9. The molecule has 64 valence electrons. The van der Waals surface area contributed by atoms with Gasteiger partial charge in [-0.1, -0.05) is 6.07 Å². The molecule has 0 saturated carbocycles. The van der Waals surface area contributed by atoms with Crippen molar-refractivity contribution in [2.75, 3.05) is 11.6 Å². The van der Waals surface area contributed by atoms with Crippen LogP contribution >= 0.6 is 0 Å². The first kappa shape index (κ1) is 7.43. The molecule has 0 aliphatic carbocycles. The Labute approximate surface area is 71.4 Å². The Morgan fingerprint density at radius 1 is 1.42 bits per heavy atom. The SMILES string of the molecule is NN1CCCc2ccc(O)cc21. The third-order valence-corrected chi connectivity index (χ3v) is 2.22. The number of benzene rings is 1. The van der Waals surface area contributed by atoms with Gasteiger partial charge in [-0.15, -0.1) is 0 Å². The summed E-state index contributed by atoms with van der Waals surface area (Å²) < 4.78 is 0. The minimum atomic E-state index is 0.283. The molecule has 0 unspecified atom stereocenters. The standard InChI is InChI=1S/C9H12N2O/c10-11-5-1-2-7-3-4-8(12)6-9(7)11/h3-4,6,12H,1-2,5,10H2. The van der Waals surface area contributed by atoms with Gasteiger partial charge in [0.25, 0.3) is 0 Å². The number of fused-ring (bicyclic) bond motifs is 1. The highest BCUT2D eigenvalue weighted by molar-refractivity contribution is 5.57. The van der Waals surface area contributed by atoms with Crippen molar-refractivity contribution in [2.24, 2.45) is 5.84 Å². The lowest BCUT2D eigenvalue weighted by molar-refractivity contribution is 0.474. The van der Waals surface area contributed by atoms with Gasteiger partial charge in [-0.2, -0.15) is 0 Å². The highest BCUT2D eigenvalue weighted by Crippen LogP contribution is 2.28. The Hall–Kier alpha value is -1.22. The second kappa shape index (κ2) is 2.68. The predicted octanol–water partition coefficient (Wildman–Crippen LogP) is 1.02. The summed E-state index contributed by atoms with van der Waals surface area (Å²) in [6.07, 6.45) is 2.15. The van der Waals surface area contributed by atoms with E-state index in [9.17, 15) is 5.11 Å². The lowest BCUT2D eigenvalue weighted by atomic mass is 10.0. The van der Waals surface area contributed by atoms with Crippen LogP contribution < -0.4 is 10.9 Å². The zero-order valence-electron chi connectivity index (χ0n) is 6.83. The smallest absolute Gasteiger partial charge is 0.117 e. The lowest BCUT2D eigenvalue weighted by Crippen LogP contribution is -2.35. The Morgan fingerprint density at radius 2 is 2.25 bits per heavy atom. The van der Waals surface area contributed by atoms with Crippen LogP contribution in [0.25, 0.3) is 0 Å². The van der Waals surface area contributed by atoms with Crippen LogP contribution in [-0.2, 0) is 6.42 Å². The summed E-state index contributed by atoms with van der Waals surface area (Å²) in [4.78, 5) is 0. The number of aromatic hydroxyl groups is 1. The summed E-state index contributed by atoms with van der Waals surface area (Å²) in [7, 11) is 0. The van der Waals surface area contributed by atoms with Crippen molar-refractivity contribution in [1.82, 2.24) is 0 Å². The van der Waals surface area contributed by atoms with E-state index in [-0.39, 0.29) is 5.75 Å². The van der Waals surface area contributed by atoms with Gasteiger partial charge in [0.15, 0.2) is 0 Å². The molecule has 0 aromatic heterocycles. The van der Waals surface area contributed by atoms with Gasteiger partial charge in [0.2, 0.25) is 0 Å². The molecule has 1 aromatic rings. The molecule has 0 bridgehead atoms. The summed E-state index contributed by atoms with van der Waals surface area (Å²) in [6.45, 7) is 0.871. The molecule has 3 N–H and O–H groups in total. The molecule has 2 rings (SSSR count). The monoisotopic (exact) mass is 164 g/mol. The quantitative estimate of drug-likeness (QED) is 0.563. The fraction of sp³-hybridized carbons (Fsp3) is 0.333. The molecule has 0 saturated heterocycles. The van der Waals surface area contributed by atoms with E-state index < -0.39 is 0 Å². The molecule has 0 spiro atoms. The number of anilines is 1. The highest BCUT2D eigenvalue weighted by Gasteiger charge is 2.13. The van der Waals surface area contributed by atoms with Gasteiger partial charge in [0.1, 0.15) is 5.75 Å². The Balaban J connectivity index is 2.47. The molecule has 1 heterocycles. The van der Waals surface area contributed by atoms with Crippen molar-refractivity contribution < 1.29 is 5.11 Å². The number of nitrogens with zero attached hydrogens (tertiary/aromatic N) is 1. The van der Waals surface area contributed by atoms with Crippen LogP contribution in [0.1, 0.15) is 12.0 Å². The molecule has 1 aliphatic rings. The second-order valence-electron chi connectivity index (χ2n) is 3.11. The first-order valence-electron chi connectivity index (χ1n) is 4.11. The maximum Gasteiger partial charge on any atom is 0.117 e. The maximum absolute atomic E-state index is 9.22. The largest absolute Gasteiger partial charge is 0.508 e. The third-order valence-electron chi connectivity index (χ3n) is 2.22. The molecule has 0 fully saturated rings. The van der Waals surface area contributed by atoms with Crippen LogP contribution in [-0.4, -0.2) is 11.7 Å². The number of hydrazine groups is 1. The number of nitrogens with two attached hydrogens (primary N) is 1. The van der Waals surface area contributed by atoms with Crippen LogP contribution in [0, 0.1) is 0 Å². The van der Waals surface area contributed by atoms with Gasteiger partial charge in [0, 0.05) is 12.6 Å². The number of hydrogen-bond donors (Lipinski definition) is 2. The van der Waals surface area contributed by atoms with Crippen LogP contribution in [0.4, 0.5) is 5.69 Å². The van der Waals surface area contributed by atoms with Crippen molar-refractivity contribution in [3.63, 3.8) is 0 Å². The summed E-state index contributed by atoms with van der Waals surface area (Å²) in [5.74, 6) is 6.02. The number of hydrogen-bond acceptors (Lipinski definition) is 3. The minimum absolute atomic E-state index is 0.283. The average molecular weight is 164 g/mol. The van der Waals surface area contributed by atoms with E-state index >= 15 is 0 Å².